The Hall–Kier alpha value is -1.87. The van der Waals surface area contributed by atoms with Crippen LogP contribution in [0.25, 0.3) is 0 Å². The van der Waals surface area contributed by atoms with Gasteiger partial charge in [-0.05, 0) is 42.8 Å². The molecule has 0 fully saturated rings. The van der Waals surface area contributed by atoms with E-state index in [-0.39, 0.29) is 5.82 Å². The molecule has 2 aromatic rings. The fourth-order valence-electron chi connectivity index (χ4n) is 2.30. The van der Waals surface area contributed by atoms with Crippen LogP contribution in [0.4, 0.5) is 10.1 Å². The number of hydrogen-bond acceptors (Lipinski definition) is 2. The number of hydrogen-bond donors (Lipinski definition) is 1. The summed E-state index contributed by atoms with van der Waals surface area (Å²) in [5.74, 6) is -0.142. The summed E-state index contributed by atoms with van der Waals surface area (Å²) in [7, 11) is 1.98. The van der Waals surface area contributed by atoms with Crippen LogP contribution in [0.1, 0.15) is 24.5 Å². The summed E-state index contributed by atoms with van der Waals surface area (Å²) in [5.41, 5.74) is 2.95. The molecular formula is C18H23FN2. The van der Waals surface area contributed by atoms with Gasteiger partial charge in [-0.15, -0.1) is 0 Å². The van der Waals surface area contributed by atoms with Gasteiger partial charge >= 0.3 is 0 Å². The Bertz CT molecular complexity index is 554. The van der Waals surface area contributed by atoms with Crippen molar-refractivity contribution in [2.45, 2.75) is 26.4 Å². The Labute approximate surface area is 126 Å². The first-order chi connectivity index (χ1) is 10.2. The van der Waals surface area contributed by atoms with Crippen molar-refractivity contribution in [1.29, 1.82) is 0 Å². The molecule has 0 radical (unpaired) electrons. The van der Waals surface area contributed by atoms with Gasteiger partial charge in [-0.2, -0.15) is 0 Å². The Balaban J connectivity index is 2.06. The van der Waals surface area contributed by atoms with E-state index in [9.17, 15) is 4.39 Å². The minimum atomic E-state index is -0.142. The topological polar surface area (TPSA) is 15.3 Å². The summed E-state index contributed by atoms with van der Waals surface area (Å²) in [6, 6.07) is 15.4. The van der Waals surface area contributed by atoms with Crippen LogP contribution in [-0.4, -0.2) is 13.6 Å². The number of nitrogens with one attached hydrogen (secondary N) is 1. The molecule has 0 aliphatic carbocycles. The molecule has 3 heteroatoms. The molecule has 0 aliphatic heterocycles. The Kier molecular flexibility index (Phi) is 5.76. The first-order valence-electron chi connectivity index (χ1n) is 7.45. The molecule has 21 heavy (non-hydrogen) atoms. The molecule has 0 spiro atoms. The number of halogens is 1. The van der Waals surface area contributed by atoms with Gasteiger partial charge in [0.2, 0.25) is 0 Å². The van der Waals surface area contributed by atoms with Crippen LogP contribution in [-0.2, 0) is 13.1 Å². The zero-order valence-corrected chi connectivity index (χ0v) is 12.8. The highest BCUT2D eigenvalue weighted by Crippen LogP contribution is 2.17. The first kappa shape index (κ1) is 15.5. The quantitative estimate of drug-likeness (QED) is 0.775. The fourth-order valence-corrected chi connectivity index (χ4v) is 2.30. The van der Waals surface area contributed by atoms with Crippen LogP contribution < -0.4 is 10.2 Å². The van der Waals surface area contributed by atoms with Gasteiger partial charge in [0.1, 0.15) is 5.82 Å². The molecule has 0 saturated carbocycles. The lowest BCUT2D eigenvalue weighted by Crippen LogP contribution is -2.18. The lowest BCUT2D eigenvalue weighted by Gasteiger charge is -2.20. The number of anilines is 1. The average Bonchev–Trinajstić information content (AvgIpc) is 2.51. The second kappa shape index (κ2) is 7.79. The summed E-state index contributed by atoms with van der Waals surface area (Å²) >= 11 is 0. The highest BCUT2D eigenvalue weighted by molar-refractivity contribution is 5.46. The van der Waals surface area contributed by atoms with Gasteiger partial charge in [-0.25, -0.2) is 4.39 Å². The van der Waals surface area contributed by atoms with E-state index < -0.39 is 0 Å². The predicted molar refractivity (Wildman–Crippen MR) is 86.9 cm³/mol. The first-order valence-corrected chi connectivity index (χ1v) is 7.45. The summed E-state index contributed by atoms with van der Waals surface area (Å²) in [6.07, 6.45) is 1.10. The maximum absolute atomic E-state index is 14.0. The minimum absolute atomic E-state index is 0.142. The van der Waals surface area contributed by atoms with E-state index in [0.29, 0.717) is 6.54 Å². The van der Waals surface area contributed by atoms with Gasteiger partial charge in [0.25, 0.3) is 0 Å². The summed E-state index contributed by atoms with van der Waals surface area (Å²) in [6.45, 7) is 4.47. The number of nitrogens with zero attached hydrogens (tertiary/aromatic N) is 1. The molecule has 0 aromatic heterocycles. The maximum atomic E-state index is 14.0. The molecule has 0 unspecified atom stereocenters. The number of benzene rings is 2. The molecule has 0 atom stereocenters. The smallest absolute Gasteiger partial charge is 0.128 e. The van der Waals surface area contributed by atoms with Crippen molar-refractivity contribution in [1.82, 2.24) is 5.32 Å². The highest BCUT2D eigenvalue weighted by Gasteiger charge is 2.07. The molecule has 0 heterocycles. The summed E-state index contributed by atoms with van der Waals surface area (Å²) < 4.78 is 14.0. The van der Waals surface area contributed by atoms with Crippen molar-refractivity contribution in [3.63, 3.8) is 0 Å². The molecule has 2 aromatic carbocycles. The molecule has 112 valence electrons. The van der Waals surface area contributed by atoms with Gasteiger partial charge in [0.05, 0.1) is 0 Å². The van der Waals surface area contributed by atoms with E-state index in [0.717, 1.165) is 36.3 Å². The van der Waals surface area contributed by atoms with Crippen molar-refractivity contribution in [2.24, 2.45) is 0 Å². The van der Waals surface area contributed by atoms with Crippen molar-refractivity contribution < 1.29 is 4.39 Å². The Morgan fingerprint density at radius 2 is 1.86 bits per heavy atom. The number of para-hydroxylation sites is 1. The van der Waals surface area contributed by atoms with E-state index in [1.54, 1.807) is 6.07 Å². The van der Waals surface area contributed by atoms with Crippen LogP contribution >= 0.6 is 0 Å². The zero-order valence-electron chi connectivity index (χ0n) is 12.8. The SMILES string of the molecule is CCCNCc1ccc(F)c(CN(C)c2ccccc2)c1. The fraction of sp³-hybridized carbons (Fsp3) is 0.333. The second-order valence-corrected chi connectivity index (χ2v) is 5.29. The molecular weight excluding hydrogens is 263 g/mol. The molecule has 0 amide bonds. The van der Waals surface area contributed by atoms with Gasteiger partial charge in [-0.3, -0.25) is 0 Å². The second-order valence-electron chi connectivity index (χ2n) is 5.29. The largest absolute Gasteiger partial charge is 0.370 e. The predicted octanol–water partition coefficient (Wildman–Crippen LogP) is 3.96. The molecule has 0 bridgehead atoms. The zero-order chi connectivity index (χ0) is 15.1. The van der Waals surface area contributed by atoms with Crippen LogP contribution in [0, 0.1) is 5.82 Å². The van der Waals surface area contributed by atoms with E-state index >= 15 is 0 Å². The molecule has 0 saturated heterocycles. The van der Waals surface area contributed by atoms with Crippen LogP contribution in [0.3, 0.4) is 0 Å². The van der Waals surface area contributed by atoms with Crippen molar-refractivity contribution >= 4 is 5.69 Å². The van der Waals surface area contributed by atoms with Gasteiger partial charge < -0.3 is 10.2 Å². The summed E-state index contributed by atoms with van der Waals surface area (Å²) in [4.78, 5) is 2.06. The third kappa shape index (κ3) is 4.57. The van der Waals surface area contributed by atoms with Crippen LogP contribution in [0.2, 0.25) is 0 Å². The standard InChI is InChI=1S/C18H23FN2/c1-3-11-20-13-15-9-10-18(19)16(12-15)14-21(2)17-7-5-4-6-8-17/h4-10,12,20H,3,11,13-14H2,1-2H3. The Morgan fingerprint density at radius 1 is 1.10 bits per heavy atom. The van der Waals surface area contributed by atoms with Crippen LogP contribution in [0.5, 0.6) is 0 Å². The molecule has 2 rings (SSSR count). The third-order valence-electron chi connectivity index (χ3n) is 3.47. The monoisotopic (exact) mass is 286 g/mol. The van der Waals surface area contributed by atoms with E-state index in [4.69, 9.17) is 0 Å². The molecule has 1 N–H and O–H groups in total. The minimum Gasteiger partial charge on any atom is -0.370 e. The van der Waals surface area contributed by atoms with E-state index in [1.165, 1.54) is 0 Å². The molecule has 0 aliphatic rings. The van der Waals surface area contributed by atoms with Gasteiger partial charge in [0, 0.05) is 31.4 Å². The lowest BCUT2D eigenvalue weighted by molar-refractivity contribution is 0.604. The van der Waals surface area contributed by atoms with Gasteiger partial charge in [0.15, 0.2) is 0 Å². The highest BCUT2D eigenvalue weighted by atomic mass is 19.1. The number of rotatable bonds is 7. The maximum Gasteiger partial charge on any atom is 0.128 e. The van der Waals surface area contributed by atoms with E-state index in [1.807, 2.05) is 49.5 Å². The summed E-state index contributed by atoms with van der Waals surface area (Å²) in [5, 5.41) is 3.35. The third-order valence-corrected chi connectivity index (χ3v) is 3.47. The Morgan fingerprint density at radius 3 is 2.57 bits per heavy atom. The lowest BCUT2D eigenvalue weighted by atomic mass is 10.1. The van der Waals surface area contributed by atoms with Crippen molar-refractivity contribution in [3.8, 4) is 0 Å². The molecule has 2 nitrogen and oxygen atoms in total. The van der Waals surface area contributed by atoms with E-state index in [2.05, 4.69) is 17.1 Å². The van der Waals surface area contributed by atoms with Crippen LogP contribution in [0.15, 0.2) is 48.5 Å². The van der Waals surface area contributed by atoms with Crippen molar-refractivity contribution in [3.05, 3.63) is 65.5 Å². The van der Waals surface area contributed by atoms with Crippen molar-refractivity contribution in [2.75, 3.05) is 18.5 Å². The average molecular weight is 286 g/mol. The normalized spacial score (nSPS) is 10.6. The van der Waals surface area contributed by atoms with Gasteiger partial charge in [-0.1, -0.05) is 31.2 Å².